The molecule has 3 rings (SSSR count). The molecular formula is C19H19F5N2O. The Kier molecular flexibility index (Phi) is 5.28. The van der Waals surface area contributed by atoms with Gasteiger partial charge in [0.1, 0.15) is 5.75 Å². The highest BCUT2D eigenvalue weighted by atomic mass is 19.4. The van der Waals surface area contributed by atoms with E-state index in [-0.39, 0.29) is 5.75 Å². The summed E-state index contributed by atoms with van der Waals surface area (Å²) >= 11 is 0. The fourth-order valence-corrected chi connectivity index (χ4v) is 3.11. The van der Waals surface area contributed by atoms with Crippen LogP contribution in [0.2, 0.25) is 0 Å². The number of hydrogen-bond acceptors (Lipinski definition) is 3. The van der Waals surface area contributed by atoms with Crippen molar-refractivity contribution in [1.82, 2.24) is 4.90 Å². The molecule has 1 fully saturated rings. The first-order valence-corrected chi connectivity index (χ1v) is 8.47. The van der Waals surface area contributed by atoms with E-state index in [4.69, 9.17) is 0 Å². The molecule has 0 aliphatic carbocycles. The molecule has 0 bridgehead atoms. The predicted molar refractivity (Wildman–Crippen MR) is 92.0 cm³/mol. The maximum atomic E-state index is 13.5. The van der Waals surface area contributed by atoms with Crippen LogP contribution in [0.1, 0.15) is 11.1 Å². The Morgan fingerprint density at radius 3 is 2.07 bits per heavy atom. The van der Waals surface area contributed by atoms with Crippen LogP contribution in [0, 0.1) is 0 Å². The molecule has 27 heavy (non-hydrogen) atoms. The van der Waals surface area contributed by atoms with Gasteiger partial charge in [0.2, 0.25) is 0 Å². The fraction of sp³-hybridized carbons (Fsp3) is 0.368. The summed E-state index contributed by atoms with van der Waals surface area (Å²) in [6.45, 7) is 3.01. The number of nitrogens with zero attached hydrogens (tertiary/aromatic N) is 2. The van der Waals surface area contributed by atoms with E-state index >= 15 is 0 Å². The normalized spacial score (nSPS) is 16.6. The van der Waals surface area contributed by atoms with Crippen molar-refractivity contribution in [2.75, 3.05) is 31.1 Å². The zero-order valence-electron chi connectivity index (χ0n) is 14.4. The number of alkyl halides is 5. The van der Waals surface area contributed by atoms with Gasteiger partial charge in [0, 0.05) is 44.0 Å². The second-order valence-corrected chi connectivity index (χ2v) is 6.55. The molecule has 1 saturated heterocycles. The first kappa shape index (κ1) is 19.4. The molecule has 0 aromatic heterocycles. The molecule has 1 N–H and O–H groups in total. The summed E-state index contributed by atoms with van der Waals surface area (Å²) in [5.41, 5.74) is 0.365. The molecule has 1 aliphatic rings. The van der Waals surface area contributed by atoms with E-state index in [0.29, 0.717) is 38.3 Å². The average Bonchev–Trinajstić information content (AvgIpc) is 2.62. The maximum Gasteiger partial charge on any atom is 0.458 e. The highest BCUT2D eigenvalue weighted by Crippen LogP contribution is 2.43. The summed E-state index contributed by atoms with van der Waals surface area (Å²) in [6, 6.07) is 11.4. The second kappa shape index (κ2) is 7.34. The van der Waals surface area contributed by atoms with Crippen molar-refractivity contribution in [3.05, 3.63) is 59.7 Å². The number of hydrogen-bond donors (Lipinski definition) is 1. The van der Waals surface area contributed by atoms with Crippen LogP contribution in [0.25, 0.3) is 0 Å². The van der Waals surface area contributed by atoms with Gasteiger partial charge in [0.05, 0.1) is 0 Å². The smallest absolute Gasteiger partial charge is 0.458 e. The van der Waals surface area contributed by atoms with Crippen molar-refractivity contribution in [3.63, 3.8) is 0 Å². The monoisotopic (exact) mass is 386 g/mol. The van der Waals surface area contributed by atoms with Crippen molar-refractivity contribution < 1.29 is 27.1 Å². The number of rotatable bonds is 4. The van der Waals surface area contributed by atoms with E-state index in [1.807, 2.05) is 17.0 Å². The zero-order chi connectivity index (χ0) is 19.7. The first-order valence-electron chi connectivity index (χ1n) is 8.47. The van der Waals surface area contributed by atoms with Gasteiger partial charge in [0.15, 0.2) is 0 Å². The number of aromatic hydroxyl groups is 1. The summed E-state index contributed by atoms with van der Waals surface area (Å²) in [7, 11) is 0. The number of benzene rings is 2. The molecule has 0 spiro atoms. The van der Waals surface area contributed by atoms with Crippen LogP contribution in [0.4, 0.5) is 27.6 Å². The highest BCUT2D eigenvalue weighted by molar-refractivity contribution is 5.49. The molecule has 0 unspecified atom stereocenters. The van der Waals surface area contributed by atoms with Crippen LogP contribution in [0.15, 0.2) is 48.5 Å². The minimum absolute atomic E-state index is 0.188. The van der Waals surface area contributed by atoms with Gasteiger partial charge in [-0.05, 0) is 35.9 Å². The van der Waals surface area contributed by atoms with Crippen LogP contribution in [-0.2, 0) is 12.5 Å². The lowest BCUT2D eigenvalue weighted by atomic mass is 10.0. The molecular weight excluding hydrogens is 367 g/mol. The van der Waals surface area contributed by atoms with Gasteiger partial charge >= 0.3 is 12.1 Å². The average molecular weight is 386 g/mol. The number of phenolic OH excluding ortho intramolecular Hbond substituents is 1. The highest BCUT2D eigenvalue weighted by Gasteiger charge is 2.58. The van der Waals surface area contributed by atoms with E-state index in [1.165, 1.54) is 6.07 Å². The summed E-state index contributed by atoms with van der Waals surface area (Å²) in [5.74, 6) is -4.67. The quantitative estimate of drug-likeness (QED) is 0.791. The number of phenols is 1. The summed E-state index contributed by atoms with van der Waals surface area (Å²) < 4.78 is 64.7. The van der Waals surface area contributed by atoms with Gasteiger partial charge in [0.25, 0.3) is 0 Å². The third-order valence-corrected chi connectivity index (χ3v) is 4.64. The summed E-state index contributed by atoms with van der Waals surface area (Å²) in [4.78, 5) is 4.14. The van der Waals surface area contributed by atoms with Crippen LogP contribution < -0.4 is 4.90 Å². The summed E-state index contributed by atoms with van der Waals surface area (Å²) in [6.07, 6.45) is -5.61. The van der Waals surface area contributed by atoms with E-state index in [1.54, 1.807) is 18.2 Å². The van der Waals surface area contributed by atoms with Gasteiger partial charge in [-0.2, -0.15) is 22.0 Å². The number of halogens is 5. The lowest BCUT2D eigenvalue weighted by Gasteiger charge is -2.36. The topological polar surface area (TPSA) is 26.7 Å². The Labute approximate surface area is 153 Å². The lowest BCUT2D eigenvalue weighted by Crippen LogP contribution is -2.46. The Balaban J connectivity index is 1.62. The van der Waals surface area contributed by atoms with Crippen LogP contribution >= 0.6 is 0 Å². The molecule has 8 heteroatoms. The van der Waals surface area contributed by atoms with E-state index < -0.39 is 17.7 Å². The second-order valence-electron chi connectivity index (χ2n) is 6.55. The molecule has 0 radical (unpaired) electrons. The summed E-state index contributed by atoms with van der Waals surface area (Å²) in [5, 5.41) is 9.34. The Bertz CT molecular complexity index is 768. The van der Waals surface area contributed by atoms with E-state index in [2.05, 4.69) is 4.90 Å². The minimum atomic E-state index is -5.61. The van der Waals surface area contributed by atoms with Crippen molar-refractivity contribution in [2.24, 2.45) is 0 Å². The molecule has 2 aromatic rings. The standard InChI is InChI=1S/C19H19F5N2O/c20-18(21,19(22,23)24)15-3-1-2-14(12-15)13-25-8-10-26(11-9-25)16-4-6-17(27)7-5-16/h1-7,12,27H,8-11,13H2. The third kappa shape index (κ3) is 4.32. The van der Waals surface area contributed by atoms with Gasteiger partial charge in [-0.3, -0.25) is 4.90 Å². The van der Waals surface area contributed by atoms with Gasteiger partial charge in [-0.1, -0.05) is 18.2 Å². The molecule has 3 nitrogen and oxygen atoms in total. The number of piperazine rings is 1. The fourth-order valence-electron chi connectivity index (χ4n) is 3.11. The van der Waals surface area contributed by atoms with Crippen molar-refractivity contribution in [1.29, 1.82) is 0 Å². The van der Waals surface area contributed by atoms with Crippen molar-refractivity contribution in [3.8, 4) is 5.75 Å². The van der Waals surface area contributed by atoms with Gasteiger partial charge < -0.3 is 10.0 Å². The third-order valence-electron chi connectivity index (χ3n) is 4.64. The SMILES string of the molecule is Oc1ccc(N2CCN(Cc3cccc(C(F)(F)C(F)(F)F)c3)CC2)cc1. The Hall–Kier alpha value is -2.35. The maximum absolute atomic E-state index is 13.5. The van der Waals surface area contributed by atoms with Crippen LogP contribution in [0.3, 0.4) is 0 Å². The van der Waals surface area contributed by atoms with E-state index in [0.717, 1.165) is 17.8 Å². The molecule has 0 amide bonds. The Morgan fingerprint density at radius 2 is 1.48 bits per heavy atom. The molecule has 146 valence electrons. The van der Waals surface area contributed by atoms with Crippen molar-refractivity contribution in [2.45, 2.75) is 18.6 Å². The Morgan fingerprint density at radius 1 is 0.852 bits per heavy atom. The zero-order valence-corrected chi connectivity index (χ0v) is 14.4. The first-order chi connectivity index (χ1) is 12.7. The van der Waals surface area contributed by atoms with Crippen molar-refractivity contribution >= 4 is 5.69 Å². The van der Waals surface area contributed by atoms with E-state index in [9.17, 15) is 27.1 Å². The molecule has 0 atom stereocenters. The molecule has 0 saturated carbocycles. The van der Waals surface area contributed by atoms with Gasteiger partial charge in [-0.25, -0.2) is 0 Å². The number of anilines is 1. The largest absolute Gasteiger partial charge is 0.508 e. The molecule has 1 aliphatic heterocycles. The predicted octanol–water partition coefficient (Wildman–Crippen LogP) is 4.37. The van der Waals surface area contributed by atoms with Gasteiger partial charge in [-0.15, -0.1) is 0 Å². The van der Waals surface area contributed by atoms with Crippen LogP contribution in [0.5, 0.6) is 5.75 Å². The molecule has 2 aromatic carbocycles. The lowest BCUT2D eigenvalue weighted by molar-refractivity contribution is -0.289. The molecule has 1 heterocycles. The minimum Gasteiger partial charge on any atom is -0.508 e. The van der Waals surface area contributed by atoms with Crippen LogP contribution in [-0.4, -0.2) is 42.4 Å².